The summed E-state index contributed by atoms with van der Waals surface area (Å²) in [4.78, 5) is 0. The van der Waals surface area contributed by atoms with Gasteiger partial charge in [0.05, 0.1) is 6.61 Å². The Hall–Kier alpha value is -0.670. The topological polar surface area (TPSA) is 21.3 Å². The van der Waals surface area contributed by atoms with Crippen LogP contribution in [0.3, 0.4) is 0 Å². The van der Waals surface area contributed by atoms with Crippen molar-refractivity contribution in [3.8, 4) is 5.75 Å². The van der Waals surface area contributed by atoms with Gasteiger partial charge in [-0.25, -0.2) is 0 Å². The number of hydrogen-bond acceptors (Lipinski definition) is 3. The minimum absolute atomic E-state index is 0.362. The lowest BCUT2D eigenvalue weighted by atomic mass is 10.0. The first-order chi connectivity index (χ1) is 8.81. The first-order valence-corrected chi connectivity index (χ1v) is 8.02. The van der Waals surface area contributed by atoms with Crippen molar-refractivity contribution in [2.75, 3.05) is 18.1 Å². The van der Waals surface area contributed by atoms with Crippen molar-refractivity contribution in [2.24, 2.45) is 0 Å². The molecule has 1 unspecified atom stereocenters. The van der Waals surface area contributed by atoms with E-state index in [-0.39, 0.29) is 0 Å². The van der Waals surface area contributed by atoms with Crippen LogP contribution in [-0.2, 0) is 0 Å². The van der Waals surface area contributed by atoms with E-state index in [0.717, 1.165) is 12.4 Å². The average molecular weight is 265 g/mol. The molecule has 2 nitrogen and oxygen atoms in total. The van der Waals surface area contributed by atoms with Gasteiger partial charge in [0.1, 0.15) is 5.75 Å². The Morgan fingerprint density at radius 3 is 2.78 bits per heavy atom. The van der Waals surface area contributed by atoms with Crippen LogP contribution in [0.15, 0.2) is 24.3 Å². The van der Waals surface area contributed by atoms with Gasteiger partial charge in [-0.15, -0.1) is 0 Å². The van der Waals surface area contributed by atoms with Crippen molar-refractivity contribution >= 4 is 11.8 Å². The maximum Gasteiger partial charge on any atom is 0.124 e. The standard InChI is InChI=1S/C15H23NOS/c1-3-17-15-7-5-4-6-14(15)12(2)16-13-8-10-18-11-9-13/h4-7,12-13,16H,3,8-11H2,1-2H3. The van der Waals surface area contributed by atoms with Crippen LogP contribution in [0.4, 0.5) is 0 Å². The van der Waals surface area contributed by atoms with E-state index in [1.807, 2.05) is 13.0 Å². The highest BCUT2D eigenvalue weighted by atomic mass is 32.2. The van der Waals surface area contributed by atoms with Crippen molar-refractivity contribution in [3.05, 3.63) is 29.8 Å². The number of hydrogen-bond donors (Lipinski definition) is 1. The zero-order valence-electron chi connectivity index (χ0n) is 11.3. The lowest BCUT2D eigenvalue weighted by Gasteiger charge is -2.27. The molecule has 1 aromatic carbocycles. The van der Waals surface area contributed by atoms with Crippen molar-refractivity contribution in [1.82, 2.24) is 5.32 Å². The van der Waals surface area contributed by atoms with E-state index in [1.54, 1.807) is 0 Å². The predicted molar refractivity (Wildman–Crippen MR) is 79.5 cm³/mol. The normalized spacial score (nSPS) is 18.6. The molecule has 0 bridgehead atoms. The molecule has 1 heterocycles. The molecular weight excluding hydrogens is 242 g/mol. The van der Waals surface area contributed by atoms with Crippen LogP contribution in [0, 0.1) is 0 Å². The van der Waals surface area contributed by atoms with Gasteiger partial charge < -0.3 is 10.1 Å². The fourth-order valence-electron chi connectivity index (χ4n) is 2.43. The molecular formula is C15H23NOS. The van der Waals surface area contributed by atoms with Gasteiger partial charge in [-0.2, -0.15) is 11.8 Å². The Kier molecular flexibility index (Phi) is 5.39. The van der Waals surface area contributed by atoms with Crippen LogP contribution in [0.2, 0.25) is 0 Å². The zero-order chi connectivity index (χ0) is 12.8. The fraction of sp³-hybridized carbons (Fsp3) is 0.600. The van der Waals surface area contributed by atoms with Gasteiger partial charge in [0.2, 0.25) is 0 Å². The number of thioether (sulfide) groups is 1. The Labute approximate surface area is 114 Å². The minimum Gasteiger partial charge on any atom is -0.494 e. The number of rotatable bonds is 5. The first-order valence-electron chi connectivity index (χ1n) is 6.86. The first kappa shape index (κ1) is 13.8. The molecule has 1 aromatic rings. The van der Waals surface area contributed by atoms with Crippen LogP contribution in [0.1, 0.15) is 38.3 Å². The monoisotopic (exact) mass is 265 g/mol. The van der Waals surface area contributed by atoms with Gasteiger partial charge in [-0.3, -0.25) is 0 Å². The molecule has 0 amide bonds. The molecule has 18 heavy (non-hydrogen) atoms. The predicted octanol–water partition coefficient (Wildman–Crippen LogP) is 3.63. The van der Waals surface area contributed by atoms with Crippen molar-refractivity contribution < 1.29 is 4.74 Å². The smallest absolute Gasteiger partial charge is 0.124 e. The van der Waals surface area contributed by atoms with Crippen LogP contribution in [0.5, 0.6) is 5.75 Å². The summed E-state index contributed by atoms with van der Waals surface area (Å²) in [5.74, 6) is 3.60. The van der Waals surface area contributed by atoms with E-state index < -0.39 is 0 Å². The molecule has 1 aliphatic rings. The van der Waals surface area contributed by atoms with Crippen LogP contribution in [-0.4, -0.2) is 24.2 Å². The highest BCUT2D eigenvalue weighted by Crippen LogP contribution is 2.27. The molecule has 1 aliphatic heterocycles. The Morgan fingerprint density at radius 1 is 1.33 bits per heavy atom. The molecule has 0 saturated carbocycles. The van der Waals surface area contributed by atoms with Gasteiger partial charge in [-0.05, 0) is 44.3 Å². The summed E-state index contributed by atoms with van der Waals surface area (Å²) in [6.07, 6.45) is 2.57. The molecule has 0 radical (unpaired) electrons. The van der Waals surface area contributed by atoms with E-state index in [1.165, 1.54) is 29.9 Å². The molecule has 1 atom stereocenters. The molecule has 0 aliphatic carbocycles. The van der Waals surface area contributed by atoms with Crippen molar-refractivity contribution in [1.29, 1.82) is 0 Å². The summed E-state index contributed by atoms with van der Waals surface area (Å²) >= 11 is 2.07. The minimum atomic E-state index is 0.362. The quantitative estimate of drug-likeness (QED) is 0.878. The molecule has 2 rings (SSSR count). The molecule has 0 aromatic heterocycles. The van der Waals surface area contributed by atoms with Crippen molar-refractivity contribution in [3.63, 3.8) is 0 Å². The number of benzene rings is 1. The maximum atomic E-state index is 5.70. The largest absolute Gasteiger partial charge is 0.494 e. The summed E-state index contributed by atoms with van der Waals surface area (Å²) in [6, 6.07) is 9.39. The molecule has 0 spiro atoms. The third-order valence-electron chi connectivity index (χ3n) is 3.39. The molecule has 1 N–H and O–H groups in total. The van der Waals surface area contributed by atoms with Gasteiger partial charge in [0.15, 0.2) is 0 Å². The molecule has 1 saturated heterocycles. The Balaban J connectivity index is 2.00. The summed E-state index contributed by atoms with van der Waals surface area (Å²) in [5.41, 5.74) is 1.28. The van der Waals surface area contributed by atoms with Crippen LogP contribution >= 0.6 is 11.8 Å². The van der Waals surface area contributed by atoms with Crippen LogP contribution < -0.4 is 10.1 Å². The van der Waals surface area contributed by atoms with E-state index in [2.05, 4.69) is 42.2 Å². The third-order valence-corrected chi connectivity index (χ3v) is 4.44. The maximum absolute atomic E-state index is 5.70. The molecule has 3 heteroatoms. The summed E-state index contributed by atoms with van der Waals surface area (Å²) < 4.78 is 5.70. The second-order valence-electron chi connectivity index (χ2n) is 4.75. The fourth-order valence-corrected chi connectivity index (χ4v) is 3.54. The Morgan fingerprint density at radius 2 is 2.06 bits per heavy atom. The van der Waals surface area contributed by atoms with E-state index in [0.29, 0.717) is 12.1 Å². The Bertz CT molecular complexity index is 363. The SMILES string of the molecule is CCOc1ccccc1C(C)NC1CCSCC1. The van der Waals surface area contributed by atoms with Crippen molar-refractivity contribution in [2.45, 2.75) is 38.8 Å². The number of para-hydroxylation sites is 1. The second kappa shape index (κ2) is 7.05. The lowest BCUT2D eigenvalue weighted by Crippen LogP contribution is -2.34. The van der Waals surface area contributed by atoms with Gasteiger partial charge >= 0.3 is 0 Å². The lowest BCUT2D eigenvalue weighted by molar-refractivity contribution is 0.329. The van der Waals surface area contributed by atoms with Gasteiger partial charge in [0.25, 0.3) is 0 Å². The summed E-state index contributed by atoms with van der Waals surface area (Å²) in [5, 5.41) is 3.74. The van der Waals surface area contributed by atoms with Crippen LogP contribution in [0.25, 0.3) is 0 Å². The van der Waals surface area contributed by atoms with E-state index >= 15 is 0 Å². The van der Waals surface area contributed by atoms with E-state index in [4.69, 9.17) is 4.74 Å². The molecule has 1 fully saturated rings. The zero-order valence-corrected chi connectivity index (χ0v) is 12.1. The third kappa shape index (κ3) is 3.66. The van der Waals surface area contributed by atoms with Gasteiger partial charge in [0, 0.05) is 17.6 Å². The highest BCUT2D eigenvalue weighted by molar-refractivity contribution is 7.99. The summed E-state index contributed by atoms with van der Waals surface area (Å²) in [6.45, 7) is 5.00. The van der Waals surface area contributed by atoms with Gasteiger partial charge in [-0.1, -0.05) is 18.2 Å². The number of ether oxygens (including phenoxy) is 1. The number of nitrogens with one attached hydrogen (secondary N) is 1. The highest BCUT2D eigenvalue weighted by Gasteiger charge is 2.18. The second-order valence-corrected chi connectivity index (χ2v) is 5.97. The summed E-state index contributed by atoms with van der Waals surface area (Å²) in [7, 11) is 0. The van der Waals surface area contributed by atoms with E-state index in [9.17, 15) is 0 Å². The molecule has 100 valence electrons. The average Bonchev–Trinajstić information content (AvgIpc) is 2.41.